The van der Waals surface area contributed by atoms with Gasteiger partial charge < -0.3 is 10.3 Å². The first kappa shape index (κ1) is 10.8. The summed E-state index contributed by atoms with van der Waals surface area (Å²) >= 11 is 0. The van der Waals surface area contributed by atoms with Gasteiger partial charge in [0.2, 0.25) is 11.7 Å². The maximum atomic E-state index is 13.1. The van der Waals surface area contributed by atoms with E-state index in [1.807, 2.05) is 6.92 Å². The quantitative estimate of drug-likeness (QED) is 0.856. The molecule has 0 bridgehead atoms. The van der Waals surface area contributed by atoms with Gasteiger partial charge in [-0.25, -0.2) is 4.39 Å². The highest BCUT2D eigenvalue weighted by molar-refractivity contribution is 5.59. The number of nitrogens with zero attached hydrogens (tertiary/aromatic N) is 2. The molecule has 0 spiro atoms. The van der Waals surface area contributed by atoms with Crippen LogP contribution in [0, 0.1) is 12.7 Å². The van der Waals surface area contributed by atoms with Crippen molar-refractivity contribution in [3.05, 3.63) is 35.5 Å². The van der Waals surface area contributed by atoms with Crippen molar-refractivity contribution in [3.8, 4) is 11.4 Å². The number of rotatable bonds is 3. The van der Waals surface area contributed by atoms with Crippen LogP contribution in [0.4, 0.5) is 4.39 Å². The lowest BCUT2D eigenvalue weighted by atomic mass is 10.1. The Balaban J connectivity index is 2.38. The maximum Gasteiger partial charge on any atom is 0.228 e. The average molecular weight is 221 g/mol. The molecule has 0 aliphatic heterocycles. The van der Waals surface area contributed by atoms with Gasteiger partial charge >= 0.3 is 0 Å². The third-order valence-electron chi connectivity index (χ3n) is 2.27. The molecule has 1 aromatic heterocycles. The monoisotopic (exact) mass is 221 g/mol. The molecule has 5 heteroatoms. The van der Waals surface area contributed by atoms with E-state index in [2.05, 4.69) is 10.1 Å². The summed E-state index contributed by atoms with van der Waals surface area (Å²) in [6.07, 6.45) is 0.529. The molecule has 2 aromatic rings. The van der Waals surface area contributed by atoms with Crippen LogP contribution in [0.15, 0.2) is 22.7 Å². The van der Waals surface area contributed by atoms with Gasteiger partial charge in [-0.1, -0.05) is 11.2 Å². The van der Waals surface area contributed by atoms with Crippen molar-refractivity contribution in [2.75, 3.05) is 6.54 Å². The van der Waals surface area contributed by atoms with E-state index >= 15 is 0 Å². The van der Waals surface area contributed by atoms with E-state index in [0.717, 1.165) is 5.56 Å². The van der Waals surface area contributed by atoms with E-state index in [9.17, 15) is 4.39 Å². The molecule has 0 radical (unpaired) electrons. The fourth-order valence-corrected chi connectivity index (χ4v) is 1.42. The minimum Gasteiger partial charge on any atom is -0.339 e. The molecule has 2 rings (SSSR count). The largest absolute Gasteiger partial charge is 0.339 e. The van der Waals surface area contributed by atoms with E-state index in [4.69, 9.17) is 10.3 Å². The van der Waals surface area contributed by atoms with Gasteiger partial charge in [0.25, 0.3) is 0 Å². The zero-order valence-corrected chi connectivity index (χ0v) is 8.90. The van der Waals surface area contributed by atoms with Crippen molar-refractivity contribution in [3.63, 3.8) is 0 Å². The zero-order chi connectivity index (χ0) is 11.5. The van der Waals surface area contributed by atoms with E-state index in [1.165, 1.54) is 12.1 Å². The normalized spacial score (nSPS) is 10.7. The number of nitrogens with two attached hydrogens (primary N) is 1. The molecule has 0 unspecified atom stereocenters. The van der Waals surface area contributed by atoms with Crippen LogP contribution in [0.5, 0.6) is 0 Å². The number of hydrogen-bond donors (Lipinski definition) is 1. The number of aromatic nitrogens is 2. The van der Waals surface area contributed by atoms with Gasteiger partial charge in [0.05, 0.1) is 0 Å². The summed E-state index contributed by atoms with van der Waals surface area (Å²) in [5.74, 6) is 0.562. The summed E-state index contributed by atoms with van der Waals surface area (Å²) < 4.78 is 18.1. The van der Waals surface area contributed by atoms with Gasteiger partial charge in [-0.2, -0.15) is 4.98 Å². The first-order chi connectivity index (χ1) is 7.70. The van der Waals surface area contributed by atoms with E-state index in [0.29, 0.717) is 30.2 Å². The van der Waals surface area contributed by atoms with Crippen molar-refractivity contribution in [2.24, 2.45) is 5.73 Å². The summed E-state index contributed by atoms with van der Waals surface area (Å²) in [5.41, 5.74) is 6.92. The van der Waals surface area contributed by atoms with Crippen LogP contribution < -0.4 is 5.73 Å². The lowest BCUT2D eigenvalue weighted by Gasteiger charge is -1.99. The third-order valence-corrected chi connectivity index (χ3v) is 2.27. The number of aryl methyl sites for hydroxylation is 1. The summed E-state index contributed by atoms with van der Waals surface area (Å²) in [4.78, 5) is 4.15. The van der Waals surface area contributed by atoms with Gasteiger partial charge in [-0.3, -0.25) is 0 Å². The molecule has 0 saturated carbocycles. The molecule has 0 atom stereocenters. The molecule has 84 valence electrons. The van der Waals surface area contributed by atoms with Gasteiger partial charge in [-0.15, -0.1) is 0 Å². The second kappa shape index (κ2) is 4.40. The van der Waals surface area contributed by atoms with Crippen LogP contribution in [0.1, 0.15) is 11.5 Å². The predicted octanol–water partition coefficient (Wildman–Crippen LogP) is 1.69. The Morgan fingerprint density at radius 3 is 3.00 bits per heavy atom. The molecular weight excluding hydrogens is 209 g/mol. The minimum absolute atomic E-state index is 0.314. The molecule has 1 heterocycles. The molecule has 1 aromatic carbocycles. The Hall–Kier alpha value is -1.75. The van der Waals surface area contributed by atoms with Crippen molar-refractivity contribution >= 4 is 0 Å². The number of halogens is 1. The summed E-state index contributed by atoms with van der Waals surface area (Å²) in [5, 5.41) is 3.80. The minimum atomic E-state index is -0.314. The van der Waals surface area contributed by atoms with Gasteiger partial charge in [-0.05, 0) is 24.6 Å². The van der Waals surface area contributed by atoms with Crippen molar-refractivity contribution in [2.45, 2.75) is 13.3 Å². The second-order valence-electron chi connectivity index (χ2n) is 3.51. The lowest BCUT2D eigenvalue weighted by molar-refractivity contribution is 0.380. The molecular formula is C11H12FN3O. The Kier molecular flexibility index (Phi) is 2.96. The Morgan fingerprint density at radius 1 is 1.44 bits per heavy atom. The first-order valence-corrected chi connectivity index (χ1v) is 5.00. The summed E-state index contributed by atoms with van der Waals surface area (Å²) in [6.45, 7) is 2.32. The topological polar surface area (TPSA) is 64.9 Å². The van der Waals surface area contributed by atoms with Crippen molar-refractivity contribution in [1.82, 2.24) is 10.1 Å². The molecule has 0 aliphatic rings. The van der Waals surface area contributed by atoms with E-state index < -0.39 is 0 Å². The maximum absolute atomic E-state index is 13.1. The van der Waals surface area contributed by atoms with Crippen molar-refractivity contribution < 1.29 is 8.91 Å². The SMILES string of the molecule is Cc1ccc(F)cc1-c1noc(CCN)n1. The highest BCUT2D eigenvalue weighted by Crippen LogP contribution is 2.21. The molecule has 4 nitrogen and oxygen atoms in total. The Bertz CT molecular complexity index is 496. The van der Waals surface area contributed by atoms with Crippen molar-refractivity contribution in [1.29, 1.82) is 0 Å². The standard InChI is InChI=1S/C11H12FN3O/c1-7-2-3-8(12)6-9(7)11-14-10(4-5-13)16-15-11/h2-3,6H,4-5,13H2,1H3. The van der Waals surface area contributed by atoms with Crippen LogP contribution in [0.2, 0.25) is 0 Å². The average Bonchev–Trinajstić information content (AvgIpc) is 2.71. The Labute approximate surface area is 92.3 Å². The smallest absolute Gasteiger partial charge is 0.228 e. The fraction of sp³-hybridized carbons (Fsp3) is 0.273. The van der Waals surface area contributed by atoms with Gasteiger partial charge in [0.1, 0.15) is 5.82 Å². The first-order valence-electron chi connectivity index (χ1n) is 5.00. The second-order valence-corrected chi connectivity index (χ2v) is 3.51. The summed E-state index contributed by atoms with van der Waals surface area (Å²) in [7, 11) is 0. The van der Waals surface area contributed by atoms with Crippen LogP contribution in [-0.2, 0) is 6.42 Å². The molecule has 2 N–H and O–H groups in total. The number of hydrogen-bond acceptors (Lipinski definition) is 4. The molecule has 16 heavy (non-hydrogen) atoms. The molecule has 0 amide bonds. The molecule has 0 fully saturated rings. The van der Waals surface area contributed by atoms with Crippen LogP contribution in [-0.4, -0.2) is 16.7 Å². The highest BCUT2D eigenvalue weighted by Gasteiger charge is 2.11. The highest BCUT2D eigenvalue weighted by atomic mass is 19.1. The zero-order valence-electron chi connectivity index (χ0n) is 8.90. The van der Waals surface area contributed by atoms with E-state index in [1.54, 1.807) is 6.07 Å². The van der Waals surface area contributed by atoms with E-state index in [-0.39, 0.29) is 5.82 Å². The number of benzene rings is 1. The van der Waals surface area contributed by atoms with Gasteiger partial charge in [0.15, 0.2) is 0 Å². The fourth-order valence-electron chi connectivity index (χ4n) is 1.42. The molecule has 0 aliphatic carbocycles. The third kappa shape index (κ3) is 2.09. The van der Waals surface area contributed by atoms with Gasteiger partial charge in [0, 0.05) is 18.5 Å². The molecule has 0 saturated heterocycles. The predicted molar refractivity (Wildman–Crippen MR) is 57.2 cm³/mol. The lowest BCUT2D eigenvalue weighted by Crippen LogP contribution is -2.02. The van der Waals surface area contributed by atoms with Crippen LogP contribution >= 0.6 is 0 Å². The van der Waals surface area contributed by atoms with Crippen LogP contribution in [0.3, 0.4) is 0 Å². The van der Waals surface area contributed by atoms with Crippen LogP contribution in [0.25, 0.3) is 11.4 Å². The Morgan fingerprint density at radius 2 is 2.25 bits per heavy atom. The summed E-state index contributed by atoms with van der Waals surface area (Å²) in [6, 6.07) is 4.48.